The molecule has 0 aliphatic heterocycles. The fourth-order valence-electron chi connectivity index (χ4n) is 1.95. The number of benzene rings is 1. The van der Waals surface area contributed by atoms with E-state index < -0.39 is 0 Å². The lowest BCUT2D eigenvalue weighted by Gasteiger charge is -2.12. The molecular weight excluding hydrogens is 210 g/mol. The van der Waals surface area contributed by atoms with E-state index in [0.717, 1.165) is 23.4 Å². The second kappa shape index (κ2) is 4.72. The van der Waals surface area contributed by atoms with Gasteiger partial charge < -0.3 is 5.73 Å². The van der Waals surface area contributed by atoms with E-state index in [1.54, 1.807) is 0 Å². The molecule has 1 atom stereocenters. The average Bonchev–Trinajstić information content (AvgIpc) is 2.71. The van der Waals surface area contributed by atoms with Crippen LogP contribution in [0, 0.1) is 6.92 Å². The van der Waals surface area contributed by atoms with Crippen LogP contribution in [0.4, 0.5) is 0 Å². The van der Waals surface area contributed by atoms with E-state index in [0.29, 0.717) is 0 Å². The van der Waals surface area contributed by atoms with Gasteiger partial charge in [-0.3, -0.25) is 4.68 Å². The summed E-state index contributed by atoms with van der Waals surface area (Å²) in [6.07, 6.45) is 0.939. The Morgan fingerprint density at radius 2 is 1.94 bits per heavy atom. The van der Waals surface area contributed by atoms with Crippen molar-refractivity contribution in [2.75, 3.05) is 0 Å². The highest BCUT2D eigenvalue weighted by atomic mass is 15.3. The smallest absolute Gasteiger partial charge is 0.0723 e. The van der Waals surface area contributed by atoms with E-state index in [1.807, 2.05) is 11.7 Å². The Morgan fingerprint density at radius 1 is 1.29 bits per heavy atom. The average molecular weight is 229 g/mol. The third-order valence-electron chi connectivity index (χ3n) is 3.08. The summed E-state index contributed by atoms with van der Waals surface area (Å²) in [6.45, 7) is 4.18. The largest absolute Gasteiger partial charge is 0.319 e. The van der Waals surface area contributed by atoms with E-state index >= 15 is 0 Å². The summed E-state index contributed by atoms with van der Waals surface area (Å²) >= 11 is 0. The molecule has 1 aromatic carbocycles. The zero-order chi connectivity index (χ0) is 12.4. The Bertz CT molecular complexity index is 497. The first-order chi connectivity index (χ1) is 8.11. The third-order valence-corrected chi connectivity index (χ3v) is 3.08. The van der Waals surface area contributed by atoms with Gasteiger partial charge in [-0.25, -0.2) is 0 Å². The molecular formula is C14H19N3. The zero-order valence-corrected chi connectivity index (χ0v) is 10.6. The molecule has 0 amide bonds. The van der Waals surface area contributed by atoms with Gasteiger partial charge in [-0.2, -0.15) is 5.10 Å². The first kappa shape index (κ1) is 11.9. The number of nitrogens with two attached hydrogens (primary N) is 1. The van der Waals surface area contributed by atoms with Crippen molar-refractivity contribution in [2.24, 2.45) is 12.8 Å². The van der Waals surface area contributed by atoms with Crippen LogP contribution in [0.3, 0.4) is 0 Å². The van der Waals surface area contributed by atoms with Crippen molar-refractivity contribution in [2.45, 2.75) is 26.3 Å². The molecule has 2 N–H and O–H groups in total. The van der Waals surface area contributed by atoms with Crippen LogP contribution in [0.1, 0.15) is 35.5 Å². The number of aromatic nitrogens is 2. The summed E-state index contributed by atoms with van der Waals surface area (Å²) in [5.74, 6) is 0. The number of aryl methyl sites for hydroxylation is 3. The molecule has 0 aliphatic carbocycles. The third kappa shape index (κ3) is 2.39. The van der Waals surface area contributed by atoms with Crippen LogP contribution >= 0.6 is 0 Å². The molecule has 0 aliphatic rings. The van der Waals surface area contributed by atoms with Gasteiger partial charge in [-0.1, -0.05) is 36.8 Å². The van der Waals surface area contributed by atoms with Crippen LogP contribution in [-0.2, 0) is 13.5 Å². The maximum atomic E-state index is 6.27. The molecule has 0 spiro atoms. The van der Waals surface area contributed by atoms with Crippen molar-refractivity contribution in [1.29, 1.82) is 0 Å². The van der Waals surface area contributed by atoms with E-state index in [9.17, 15) is 0 Å². The highest BCUT2D eigenvalue weighted by molar-refractivity contribution is 5.30. The Hall–Kier alpha value is -1.61. The second-order valence-corrected chi connectivity index (χ2v) is 4.43. The summed E-state index contributed by atoms with van der Waals surface area (Å²) in [6, 6.07) is 10.3. The maximum absolute atomic E-state index is 6.27. The Kier molecular flexibility index (Phi) is 3.29. The molecule has 0 bridgehead atoms. The lowest BCUT2D eigenvalue weighted by Crippen LogP contribution is -2.15. The first-order valence-corrected chi connectivity index (χ1v) is 5.96. The Balaban J connectivity index is 2.32. The molecule has 0 fully saturated rings. The van der Waals surface area contributed by atoms with Gasteiger partial charge in [0.1, 0.15) is 0 Å². The van der Waals surface area contributed by atoms with Gasteiger partial charge in [0.15, 0.2) is 0 Å². The molecule has 17 heavy (non-hydrogen) atoms. The topological polar surface area (TPSA) is 43.8 Å². The lowest BCUT2D eigenvalue weighted by atomic mass is 10.0. The molecule has 1 heterocycles. The minimum absolute atomic E-state index is 0.103. The summed E-state index contributed by atoms with van der Waals surface area (Å²) in [5.41, 5.74) is 10.8. The monoisotopic (exact) mass is 229 g/mol. The predicted octanol–water partition coefficient (Wildman–Crippen LogP) is 2.34. The van der Waals surface area contributed by atoms with Crippen molar-refractivity contribution in [1.82, 2.24) is 9.78 Å². The molecule has 0 saturated heterocycles. The van der Waals surface area contributed by atoms with Crippen LogP contribution in [0.15, 0.2) is 30.3 Å². The number of nitrogens with zero attached hydrogens (tertiary/aromatic N) is 2. The Morgan fingerprint density at radius 3 is 2.47 bits per heavy atom. The summed E-state index contributed by atoms with van der Waals surface area (Å²) in [5, 5.41) is 4.43. The normalized spacial score (nSPS) is 12.7. The Labute approximate surface area is 102 Å². The van der Waals surface area contributed by atoms with Crippen molar-refractivity contribution in [3.63, 3.8) is 0 Å². The molecule has 0 radical (unpaired) electrons. The minimum Gasteiger partial charge on any atom is -0.319 e. The molecule has 90 valence electrons. The standard InChI is InChI=1S/C14H19N3/c1-4-12-9-13(17(3)16-12)14(15)11-7-5-10(2)6-8-11/h5-9,14H,4,15H2,1-3H3. The molecule has 3 nitrogen and oxygen atoms in total. The van der Waals surface area contributed by atoms with E-state index in [4.69, 9.17) is 5.73 Å². The quantitative estimate of drug-likeness (QED) is 0.878. The minimum atomic E-state index is -0.103. The van der Waals surface area contributed by atoms with E-state index in [1.165, 1.54) is 5.56 Å². The van der Waals surface area contributed by atoms with Crippen LogP contribution in [0.2, 0.25) is 0 Å². The fraction of sp³-hybridized carbons (Fsp3) is 0.357. The van der Waals surface area contributed by atoms with Gasteiger partial charge >= 0.3 is 0 Å². The zero-order valence-electron chi connectivity index (χ0n) is 10.6. The lowest BCUT2D eigenvalue weighted by molar-refractivity contribution is 0.666. The molecule has 0 saturated carbocycles. The van der Waals surface area contributed by atoms with Gasteiger partial charge in [0.25, 0.3) is 0 Å². The van der Waals surface area contributed by atoms with Gasteiger partial charge in [0, 0.05) is 7.05 Å². The van der Waals surface area contributed by atoms with Crippen molar-refractivity contribution in [3.8, 4) is 0 Å². The summed E-state index contributed by atoms with van der Waals surface area (Å²) in [4.78, 5) is 0. The van der Waals surface area contributed by atoms with Crippen LogP contribution < -0.4 is 5.73 Å². The van der Waals surface area contributed by atoms with Gasteiger partial charge in [-0.15, -0.1) is 0 Å². The summed E-state index contributed by atoms with van der Waals surface area (Å²) < 4.78 is 1.88. The van der Waals surface area contributed by atoms with E-state index in [2.05, 4.69) is 49.3 Å². The van der Waals surface area contributed by atoms with Crippen LogP contribution in [-0.4, -0.2) is 9.78 Å². The molecule has 2 aromatic rings. The van der Waals surface area contributed by atoms with Crippen LogP contribution in [0.5, 0.6) is 0 Å². The molecule has 2 rings (SSSR count). The molecule has 1 unspecified atom stereocenters. The van der Waals surface area contributed by atoms with Gasteiger partial charge in [0.05, 0.1) is 17.4 Å². The van der Waals surface area contributed by atoms with Gasteiger partial charge in [0.2, 0.25) is 0 Å². The highest BCUT2D eigenvalue weighted by Gasteiger charge is 2.14. The SMILES string of the molecule is CCc1cc(C(N)c2ccc(C)cc2)n(C)n1. The van der Waals surface area contributed by atoms with Crippen molar-refractivity contribution >= 4 is 0 Å². The highest BCUT2D eigenvalue weighted by Crippen LogP contribution is 2.20. The molecule has 3 heteroatoms. The fourth-order valence-corrected chi connectivity index (χ4v) is 1.95. The first-order valence-electron chi connectivity index (χ1n) is 5.96. The number of rotatable bonds is 3. The molecule has 1 aromatic heterocycles. The van der Waals surface area contributed by atoms with Crippen LogP contribution in [0.25, 0.3) is 0 Å². The predicted molar refractivity (Wildman–Crippen MR) is 69.8 cm³/mol. The maximum Gasteiger partial charge on any atom is 0.0723 e. The van der Waals surface area contributed by atoms with E-state index in [-0.39, 0.29) is 6.04 Å². The number of hydrogen-bond donors (Lipinski definition) is 1. The van der Waals surface area contributed by atoms with Crippen molar-refractivity contribution in [3.05, 3.63) is 52.8 Å². The van der Waals surface area contributed by atoms with Crippen molar-refractivity contribution < 1.29 is 0 Å². The second-order valence-electron chi connectivity index (χ2n) is 4.43. The summed E-state index contributed by atoms with van der Waals surface area (Å²) in [7, 11) is 1.95. The van der Waals surface area contributed by atoms with Gasteiger partial charge in [-0.05, 0) is 25.0 Å². The number of hydrogen-bond acceptors (Lipinski definition) is 2.